The van der Waals surface area contributed by atoms with Crippen LogP contribution >= 0.6 is 0 Å². The van der Waals surface area contributed by atoms with Gasteiger partial charge in [-0.05, 0) is 37.7 Å². The van der Waals surface area contributed by atoms with Crippen LogP contribution in [0.5, 0.6) is 5.75 Å². The Morgan fingerprint density at radius 1 is 1.29 bits per heavy atom. The Morgan fingerprint density at radius 2 is 2.11 bits per heavy atom. The number of aliphatic hydroxyl groups is 2. The van der Waals surface area contributed by atoms with Crippen molar-refractivity contribution in [1.29, 1.82) is 0 Å². The van der Waals surface area contributed by atoms with Gasteiger partial charge in [-0.2, -0.15) is 0 Å². The van der Waals surface area contributed by atoms with Gasteiger partial charge < -0.3 is 20.1 Å². The van der Waals surface area contributed by atoms with Crippen LogP contribution in [0.3, 0.4) is 0 Å². The smallest absolute Gasteiger partial charge is 0.303 e. The van der Waals surface area contributed by atoms with E-state index in [1.54, 1.807) is 0 Å². The molecule has 0 aromatic heterocycles. The van der Waals surface area contributed by atoms with Crippen molar-refractivity contribution in [2.24, 2.45) is 0 Å². The summed E-state index contributed by atoms with van der Waals surface area (Å²) in [5.41, 5.74) is 1.26. The summed E-state index contributed by atoms with van der Waals surface area (Å²) in [6.45, 7) is 2.14. The number of fused-ring (bicyclic) bond motifs is 3. The number of aryl methyl sites for hydroxylation is 1. The van der Waals surface area contributed by atoms with Gasteiger partial charge in [-0.3, -0.25) is 4.79 Å². The number of hydrogen-bond donors (Lipinski definition) is 3. The first-order chi connectivity index (χ1) is 13.4. The normalized spacial score (nSPS) is 26.8. The number of carbonyl (C=O) groups is 1. The van der Waals surface area contributed by atoms with Crippen LogP contribution < -0.4 is 4.74 Å². The van der Waals surface area contributed by atoms with Gasteiger partial charge in [0.1, 0.15) is 5.75 Å². The summed E-state index contributed by atoms with van der Waals surface area (Å²) >= 11 is 0. The molecule has 1 aliphatic heterocycles. The number of rotatable bonds is 10. The van der Waals surface area contributed by atoms with E-state index in [0.717, 1.165) is 49.7 Å². The lowest BCUT2D eigenvalue weighted by atomic mass is 9.75. The molecule has 0 amide bonds. The van der Waals surface area contributed by atoms with Crippen molar-refractivity contribution in [3.63, 3.8) is 0 Å². The Bertz CT molecular complexity index is 728. The van der Waals surface area contributed by atoms with E-state index in [2.05, 4.69) is 6.92 Å². The van der Waals surface area contributed by atoms with Crippen LogP contribution in [0.4, 0.5) is 0 Å². The summed E-state index contributed by atoms with van der Waals surface area (Å²) in [4.78, 5) is 10.8. The number of carboxylic acid groups (broad SMARTS) is 1. The minimum atomic E-state index is -1.29. The van der Waals surface area contributed by atoms with Crippen molar-refractivity contribution in [3.8, 4) is 5.75 Å². The SMILES string of the molecule is CCCCCC(O)C=CC12CCCC1(O)Oc1c(CCCC(=O)O)cccc12. The van der Waals surface area contributed by atoms with Gasteiger partial charge in [-0.25, -0.2) is 0 Å². The summed E-state index contributed by atoms with van der Waals surface area (Å²) in [5, 5.41) is 30.6. The van der Waals surface area contributed by atoms with Crippen molar-refractivity contribution in [1.82, 2.24) is 0 Å². The molecule has 5 nitrogen and oxygen atoms in total. The summed E-state index contributed by atoms with van der Waals surface area (Å²) in [6.07, 6.45) is 10.6. The van der Waals surface area contributed by atoms with Crippen molar-refractivity contribution in [2.75, 3.05) is 0 Å². The molecule has 5 heteroatoms. The first-order valence-electron chi connectivity index (χ1n) is 10.5. The summed E-state index contributed by atoms with van der Waals surface area (Å²) in [5.74, 6) is -1.40. The number of benzene rings is 1. The van der Waals surface area contributed by atoms with E-state index in [1.165, 1.54) is 0 Å². The average Bonchev–Trinajstić information content (AvgIpc) is 3.09. The molecular formula is C23H32O5. The van der Waals surface area contributed by atoms with E-state index in [4.69, 9.17) is 9.84 Å². The number of unbranched alkanes of at least 4 members (excludes halogenated alkanes) is 2. The monoisotopic (exact) mass is 388 g/mol. The molecule has 1 fully saturated rings. The summed E-state index contributed by atoms with van der Waals surface area (Å²) in [6, 6.07) is 5.89. The van der Waals surface area contributed by atoms with Gasteiger partial charge in [0.25, 0.3) is 0 Å². The van der Waals surface area contributed by atoms with E-state index in [0.29, 0.717) is 25.0 Å². The standard InChI is InChI=1S/C23H32O5/c1-2-3-4-10-18(24)13-16-22-14-7-15-23(22,27)28-21-17(8-5-11-19(21)22)9-6-12-20(25)26/h5,8,11,13,16,18,24,27H,2-4,6-7,9-10,12,14-15H2,1H3,(H,25,26). The van der Waals surface area contributed by atoms with Crippen LogP contribution in [-0.4, -0.2) is 33.2 Å². The number of para-hydroxylation sites is 1. The Balaban J connectivity index is 1.84. The second kappa shape index (κ2) is 8.66. The van der Waals surface area contributed by atoms with Crippen molar-refractivity contribution < 1.29 is 24.9 Å². The molecule has 1 aromatic carbocycles. The topological polar surface area (TPSA) is 87.0 Å². The maximum absolute atomic E-state index is 11.3. The molecule has 1 aliphatic carbocycles. The highest BCUT2D eigenvalue weighted by Gasteiger charge is 2.61. The number of aliphatic hydroxyl groups excluding tert-OH is 1. The molecule has 1 aromatic rings. The Morgan fingerprint density at radius 3 is 2.86 bits per heavy atom. The number of carboxylic acids is 1. The molecule has 3 rings (SSSR count). The van der Waals surface area contributed by atoms with Gasteiger partial charge in [-0.15, -0.1) is 0 Å². The lowest BCUT2D eigenvalue weighted by Crippen LogP contribution is -2.46. The van der Waals surface area contributed by atoms with Gasteiger partial charge in [0.2, 0.25) is 5.79 Å². The first-order valence-corrected chi connectivity index (χ1v) is 10.5. The third-order valence-corrected chi connectivity index (χ3v) is 6.18. The molecule has 3 atom stereocenters. The van der Waals surface area contributed by atoms with Crippen LogP contribution in [0.1, 0.15) is 75.8 Å². The van der Waals surface area contributed by atoms with E-state index >= 15 is 0 Å². The minimum absolute atomic E-state index is 0.114. The Kier molecular flexibility index (Phi) is 6.46. The van der Waals surface area contributed by atoms with E-state index < -0.39 is 23.3 Å². The largest absolute Gasteiger partial charge is 0.481 e. The maximum atomic E-state index is 11.3. The zero-order valence-electron chi connectivity index (χ0n) is 16.7. The van der Waals surface area contributed by atoms with Gasteiger partial charge in [-0.1, -0.05) is 56.5 Å². The van der Waals surface area contributed by atoms with Gasteiger partial charge >= 0.3 is 5.97 Å². The molecule has 1 saturated carbocycles. The number of hydrogen-bond acceptors (Lipinski definition) is 4. The molecule has 0 saturated heterocycles. The lowest BCUT2D eigenvalue weighted by Gasteiger charge is -2.32. The summed E-state index contributed by atoms with van der Waals surface area (Å²) in [7, 11) is 0. The molecule has 154 valence electrons. The fraction of sp³-hybridized carbons (Fsp3) is 0.609. The number of aliphatic carboxylic acids is 1. The van der Waals surface area contributed by atoms with Crippen molar-refractivity contribution >= 4 is 5.97 Å². The van der Waals surface area contributed by atoms with Crippen LogP contribution in [0, 0.1) is 0 Å². The lowest BCUT2D eigenvalue weighted by molar-refractivity contribution is -0.146. The first kappa shape index (κ1) is 20.9. The van der Waals surface area contributed by atoms with Crippen molar-refractivity contribution in [2.45, 2.75) is 88.4 Å². The van der Waals surface area contributed by atoms with Gasteiger partial charge in [0, 0.05) is 18.4 Å². The highest BCUT2D eigenvalue weighted by Crippen LogP contribution is 2.58. The fourth-order valence-electron chi connectivity index (χ4n) is 4.64. The zero-order chi connectivity index (χ0) is 20.2. The second-order valence-electron chi connectivity index (χ2n) is 8.17. The van der Waals surface area contributed by atoms with Gasteiger partial charge in [0.05, 0.1) is 11.5 Å². The molecule has 2 aliphatic rings. The highest BCUT2D eigenvalue weighted by atomic mass is 16.6. The van der Waals surface area contributed by atoms with Crippen LogP contribution in [0.25, 0.3) is 0 Å². The predicted octanol–water partition coefficient (Wildman–Crippen LogP) is 4.09. The van der Waals surface area contributed by atoms with Crippen molar-refractivity contribution in [3.05, 3.63) is 41.5 Å². The maximum Gasteiger partial charge on any atom is 0.303 e. The average molecular weight is 389 g/mol. The second-order valence-corrected chi connectivity index (χ2v) is 8.17. The molecule has 28 heavy (non-hydrogen) atoms. The van der Waals surface area contributed by atoms with E-state index in [1.807, 2.05) is 30.4 Å². The quantitative estimate of drug-likeness (QED) is 0.415. The van der Waals surface area contributed by atoms with E-state index in [9.17, 15) is 15.0 Å². The molecule has 0 spiro atoms. The third kappa shape index (κ3) is 3.96. The Labute approximate surface area is 167 Å². The summed E-state index contributed by atoms with van der Waals surface area (Å²) < 4.78 is 6.12. The van der Waals surface area contributed by atoms with Crippen LogP contribution in [-0.2, 0) is 16.6 Å². The molecule has 0 radical (unpaired) electrons. The molecule has 3 N–H and O–H groups in total. The predicted molar refractivity (Wildman–Crippen MR) is 107 cm³/mol. The van der Waals surface area contributed by atoms with Crippen LogP contribution in [0.2, 0.25) is 0 Å². The van der Waals surface area contributed by atoms with Gasteiger partial charge in [0.15, 0.2) is 0 Å². The zero-order valence-corrected chi connectivity index (χ0v) is 16.7. The molecule has 3 unspecified atom stereocenters. The third-order valence-electron chi connectivity index (χ3n) is 6.18. The Hall–Kier alpha value is -1.85. The van der Waals surface area contributed by atoms with E-state index in [-0.39, 0.29) is 6.42 Å². The molecule has 1 heterocycles. The number of ether oxygens (including phenoxy) is 1. The molecular weight excluding hydrogens is 356 g/mol. The minimum Gasteiger partial charge on any atom is -0.481 e. The van der Waals surface area contributed by atoms with Crippen LogP contribution in [0.15, 0.2) is 30.4 Å². The molecule has 0 bridgehead atoms. The highest BCUT2D eigenvalue weighted by molar-refractivity contribution is 5.66. The fourth-order valence-corrected chi connectivity index (χ4v) is 4.64.